The third kappa shape index (κ3) is 7.51. The molecule has 0 bridgehead atoms. The maximum Gasteiger partial charge on any atom is 0.339 e. The van der Waals surface area contributed by atoms with Crippen LogP contribution in [0, 0.1) is 0 Å². The summed E-state index contributed by atoms with van der Waals surface area (Å²) < 4.78 is 10.4. The highest BCUT2D eigenvalue weighted by atomic mass is 16.5. The minimum atomic E-state index is -0.539. The highest BCUT2D eigenvalue weighted by molar-refractivity contribution is 5.73. The van der Waals surface area contributed by atoms with Crippen molar-refractivity contribution in [2.45, 2.75) is 51.9 Å². The number of hydrogen-bond acceptors (Lipinski definition) is 4. The zero-order valence-electron chi connectivity index (χ0n) is 15.3. The number of ether oxygens (including phenoxy) is 1. The maximum absolute atomic E-state index is 11.9. The highest BCUT2D eigenvalue weighted by Gasteiger charge is 2.07. The Bertz CT molecular complexity index is 759. The van der Waals surface area contributed by atoms with Gasteiger partial charge in [-0.2, -0.15) is 0 Å². The summed E-state index contributed by atoms with van der Waals surface area (Å²) in [6, 6.07) is 12.4. The molecule has 138 valence electrons. The molecule has 2 rings (SSSR count). The van der Waals surface area contributed by atoms with E-state index < -0.39 is 5.63 Å². The Hall–Kier alpha value is -2.62. The van der Waals surface area contributed by atoms with Gasteiger partial charge in [0.15, 0.2) is 0 Å². The van der Waals surface area contributed by atoms with Crippen LogP contribution in [0.4, 0.5) is 0 Å². The maximum atomic E-state index is 11.9. The molecule has 0 fully saturated rings. The molecule has 4 nitrogen and oxygen atoms in total. The summed E-state index contributed by atoms with van der Waals surface area (Å²) in [5, 5.41) is 0. The summed E-state index contributed by atoms with van der Waals surface area (Å²) in [6.07, 6.45) is 10.5. The first-order chi connectivity index (χ1) is 12.7. The Morgan fingerprint density at radius 3 is 2.50 bits per heavy atom. The summed E-state index contributed by atoms with van der Waals surface area (Å²) >= 11 is 0. The molecule has 1 heterocycles. The van der Waals surface area contributed by atoms with E-state index in [9.17, 15) is 9.59 Å². The molecule has 0 saturated carbocycles. The Morgan fingerprint density at radius 1 is 1.00 bits per heavy atom. The van der Waals surface area contributed by atoms with Crippen LogP contribution >= 0.6 is 0 Å². The summed E-state index contributed by atoms with van der Waals surface area (Å²) in [5.74, 6) is 0.262. The van der Waals surface area contributed by atoms with Crippen LogP contribution in [-0.2, 0) is 4.79 Å². The summed E-state index contributed by atoms with van der Waals surface area (Å²) in [4.78, 5) is 23.6. The fourth-order valence-electron chi connectivity index (χ4n) is 2.59. The lowest BCUT2D eigenvalue weighted by Gasteiger charge is -2.04. The second-order valence-corrected chi connectivity index (χ2v) is 6.25. The predicted octanol–water partition coefficient (Wildman–Crippen LogP) is 5.47. The van der Waals surface area contributed by atoms with E-state index >= 15 is 0 Å². The van der Waals surface area contributed by atoms with Gasteiger partial charge < -0.3 is 9.15 Å². The predicted molar refractivity (Wildman–Crippen MR) is 104 cm³/mol. The molecule has 1 aromatic heterocycles. The third-order valence-corrected chi connectivity index (χ3v) is 3.97. The molecular weight excluding hydrogens is 328 g/mol. The van der Waals surface area contributed by atoms with Crippen LogP contribution in [0.2, 0.25) is 0 Å². The lowest BCUT2D eigenvalue weighted by Crippen LogP contribution is -2.09. The van der Waals surface area contributed by atoms with Gasteiger partial charge in [0.1, 0.15) is 11.5 Å². The second-order valence-electron chi connectivity index (χ2n) is 6.25. The van der Waals surface area contributed by atoms with Gasteiger partial charge in [-0.1, -0.05) is 75.4 Å². The van der Waals surface area contributed by atoms with Gasteiger partial charge in [0.2, 0.25) is 0 Å². The molecule has 0 atom stereocenters. The topological polar surface area (TPSA) is 56.5 Å². The molecule has 0 amide bonds. The van der Waals surface area contributed by atoms with Gasteiger partial charge in [-0.25, -0.2) is 4.79 Å². The summed E-state index contributed by atoms with van der Waals surface area (Å²) in [5.41, 5.74) is 0.447. The van der Waals surface area contributed by atoms with Crippen molar-refractivity contribution in [3.05, 3.63) is 64.2 Å². The number of unbranched alkanes of at least 4 members (excludes halogenated alkanes) is 5. The van der Waals surface area contributed by atoms with E-state index in [1.165, 1.54) is 25.3 Å². The van der Waals surface area contributed by atoms with Gasteiger partial charge in [0.05, 0.1) is 6.07 Å². The molecule has 0 spiro atoms. The normalized spacial score (nSPS) is 11.0. The standard InChI is InChI=1S/C22H26O4/c1-2-3-4-5-6-10-13-21(23)26-20-16-19(25-22(24)17-20)15-14-18-11-8-7-9-12-18/h7-9,11-12,14-17H,2-6,10,13H2,1H3/b15-14+. The number of carbonyl (C=O) groups excluding carboxylic acids is 1. The first-order valence-corrected chi connectivity index (χ1v) is 9.26. The van der Waals surface area contributed by atoms with E-state index in [-0.39, 0.29) is 11.7 Å². The van der Waals surface area contributed by atoms with Crippen LogP contribution in [0.1, 0.15) is 63.2 Å². The molecule has 0 saturated heterocycles. The SMILES string of the molecule is CCCCCCCCC(=O)Oc1cc(/C=C/c2ccccc2)oc(=O)c1. The van der Waals surface area contributed by atoms with Crippen molar-refractivity contribution in [2.24, 2.45) is 0 Å². The molecule has 1 aromatic carbocycles. The smallest absolute Gasteiger partial charge is 0.339 e. The number of carbonyl (C=O) groups is 1. The van der Waals surface area contributed by atoms with E-state index in [0.29, 0.717) is 12.2 Å². The summed E-state index contributed by atoms with van der Waals surface area (Å²) in [6.45, 7) is 2.18. The van der Waals surface area contributed by atoms with Crippen LogP contribution in [0.3, 0.4) is 0 Å². The molecule has 0 aliphatic heterocycles. The molecule has 26 heavy (non-hydrogen) atoms. The highest BCUT2D eigenvalue weighted by Crippen LogP contribution is 2.15. The van der Waals surface area contributed by atoms with E-state index in [4.69, 9.17) is 9.15 Å². The van der Waals surface area contributed by atoms with Gasteiger partial charge in [0.25, 0.3) is 0 Å². The second kappa shape index (κ2) is 11.1. The summed E-state index contributed by atoms with van der Waals surface area (Å²) in [7, 11) is 0. The van der Waals surface area contributed by atoms with Crippen molar-refractivity contribution >= 4 is 18.1 Å². The van der Waals surface area contributed by atoms with Gasteiger partial charge in [-0.05, 0) is 18.1 Å². The Morgan fingerprint density at radius 2 is 1.73 bits per heavy atom. The molecule has 0 unspecified atom stereocenters. The average Bonchev–Trinajstić information content (AvgIpc) is 2.63. The van der Waals surface area contributed by atoms with Gasteiger partial charge in [0, 0.05) is 12.5 Å². The van der Waals surface area contributed by atoms with Crippen LogP contribution in [0.5, 0.6) is 5.75 Å². The van der Waals surface area contributed by atoms with Crippen LogP contribution in [0.15, 0.2) is 51.7 Å². The van der Waals surface area contributed by atoms with Crippen LogP contribution in [-0.4, -0.2) is 5.97 Å². The average molecular weight is 354 g/mol. The van der Waals surface area contributed by atoms with E-state index in [0.717, 1.165) is 24.8 Å². The fraction of sp³-hybridized carbons (Fsp3) is 0.364. The molecule has 2 aromatic rings. The van der Waals surface area contributed by atoms with E-state index in [1.54, 1.807) is 12.1 Å². The van der Waals surface area contributed by atoms with Crippen LogP contribution in [0.25, 0.3) is 12.2 Å². The van der Waals surface area contributed by atoms with E-state index in [1.807, 2.05) is 36.4 Å². The number of esters is 1. The van der Waals surface area contributed by atoms with Crippen molar-refractivity contribution in [3.8, 4) is 5.75 Å². The molecule has 0 aliphatic carbocycles. The first kappa shape index (κ1) is 19.7. The lowest BCUT2D eigenvalue weighted by atomic mass is 10.1. The van der Waals surface area contributed by atoms with Crippen molar-refractivity contribution in [2.75, 3.05) is 0 Å². The fourth-order valence-corrected chi connectivity index (χ4v) is 2.59. The quantitative estimate of drug-likeness (QED) is 0.419. The molecule has 0 N–H and O–H groups in total. The largest absolute Gasteiger partial charge is 0.426 e. The van der Waals surface area contributed by atoms with Crippen molar-refractivity contribution < 1.29 is 13.9 Å². The zero-order valence-corrected chi connectivity index (χ0v) is 15.3. The Labute approximate surface area is 154 Å². The van der Waals surface area contributed by atoms with Crippen LogP contribution < -0.4 is 10.4 Å². The van der Waals surface area contributed by atoms with Gasteiger partial charge in [-0.3, -0.25) is 4.79 Å². The number of hydrogen-bond donors (Lipinski definition) is 0. The lowest BCUT2D eigenvalue weighted by molar-refractivity contribution is -0.134. The van der Waals surface area contributed by atoms with Gasteiger partial charge in [-0.15, -0.1) is 0 Å². The molecule has 4 heteroatoms. The third-order valence-electron chi connectivity index (χ3n) is 3.97. The Kier molecular flexibility index (Phi) is 8.40. The number of rotatable bonds is 10. The van der Waals surface area contributed by atoms with Crippen molar-refractivity contribution in [1.82, 2.24) is 0 Å². The van der Waals surface area contributed by atoms with E-state index in [2.05, 4.69) is 6.92 Å². The molecule has 0 aliphatic rings. The first-order valence-electron chi connectivity index (χ1n) is 9.26. The number of benzene rings is 1. The minimum absolute atomic E-state index is 0.227. The van der Waals surface area contributed by atoms with Gasteiger partial charge >= 0.3 is 11.6 Å². The minimum Gasteiger partial charge on any atom is -0.426 e. The monoisotopic (exact) mass is 354 g/mol. The zero-order chi connectivity index (χ0) is 18.6. The van der Waals surface area contributed by atoms with Crippen molar-refractivity contribution in [3.63, 3.8) is 0 Å². The Balaban J connectivity index is 1.87. The molecule has 0 radical (unpaired) electrons. The molecular formula is C22H26O4. The van der Waals surface area contributed by atoms with Crippen molar-refractivity contribution in [1.29, 1.82) is 0 Å².